The third-order valence-electron chi connectivity index (χ3n) is 7.23. The molecule has 1 nitrogen and oxygen atoms in total. The second-order valence-corrected chi connectivity index (χ2v) is 8.82. The molecular weight excluding hydrogens is 316 g/mol. The summed E-state index contributed by atoms with van der Waals surface area (Å²) in [6.45, 7) is 2.33. The van der Waals surface area contributed by atoms with E-state index in [1.54, 1.807) is 12.7 Å². The van der Waals surface area contributed by atoms with Crippen LogP contribution in [0.2, 0.25) is 0 Å². The monoisotopic (exact) mass is 350 g/mol. The van der Waals surface area contributed by atoms with Crippen LogP contribution < -0.4 is 4.74 Å². The first kappa shape index (κ1) is 17.9. The molecule has 4 unspecified atom stereocenters. The lowest BCUT2D eigenvalue weighted by atomic mass is 9.63. The summed E-state index contributed by atoms with van der Waals surface area (Å²) in [7, 11) is 1.74. The zero-order chi connectivity index (χ0) is 17.9. The van der Waals surface area contributed by atoms with Crippen molar-refractivity contribution in [3.63, 3.8) is 0 Å². The van der Waals surface area contributed by atoms with Crippen LogP contribution in [0, 0.1) is 17.8 Å². The summed E-state index contributed by atoms with van der Waals surface area (Å²) < 4.78 is 5.36. The van der Waals surface area contributed by atoms with Gasteiger partial charge in [-0.3, -0.25) is 0 Å². The first-order valence-corrected chi connectivity index (χ1v) is 10.8. The van der Waals surface area contributed by atoms with Gasteiger partial charge < -0.3 is 4.74 Å². The Bertz CT molecular complexity index is 734. The zero-order valence-electron chi connectivity index (χ0n) is 16.5. The van der Waals surface area contributed by atoms with Crippen LogP contribution in [-0.4, -0.2) is 7.11 Å². The summed E-state index contributed by atoms with van der Waals surface area (Å²) >= 11 is 0. The molecular formula is C25H34O. The fourth-order valence-corrected chi connectivity index (χ4v) is 5.67. The second-order valence-electron chi connectivity index (χ2n) is 8.82. The van der Waals surface area contributed by atoms with Crippen LogP contribution in [0.3, 0.4) is 0 Å². The van der Waals surface area contributed by atoms with Crippen LogP contribution in [0.25, 0.3) is 10.8 Å². The highest BCUT2D eigenvalue weighted by Gasteiger charge is 2.35. The van der Waals surface area contributed by atoms with Gasteiger partial charge in [-0.15, -0.1) is 0 Å². The van der Waals surface area contributed by atoms with Crippen molar-refractivity contribution in [1.82, 2.24) is 0 Å². The molecule has 0 spiro atoms. The van der Waals surface area contributed by atoms with Crippen LogP contribution >= 0.6 is 0 Å². The van der Waals surface area contributed by atoms with Crippen LogP contribution in [0.4, 0.5) is 0 Å². The molecule has 0 amide bonds. The van der Waals surface area contributed by atoms with Crippen molar-refractivity contribution in [2.45, 2.75) is 70.6 Å². The van der Waals surface area contributed by atoms with Gasteiger partial charge in [-0.05, 0) is 84.2 Å². The van der Waals surface area contributed by atoms with Crippen LogP contribution in [0.5, 0.6) is 5.75 Å². The summed E-state index contributed by atoms with van der Waals surface area (Å²) in [6.07, 6.45) is 13.1. The lowest BCUT2D eigenvalue weighted by Crippen LogP contribution is -2.30. The molecule has 0 saturated heterocycles. The Kier molecular flexibility index (Phi) is 5.52. The SMILES string of the molecule is CCCCC1CCC2CC(c3ccc4cc(OC)ccc4c3)CCC2C1. The van der Waals surface area contributed by atoms with E-state index < -0.39 is 0 Å². The molecule has 2 aliphatic carbocycles. The topological polar surface area (TPSA) is 9.23 Å². The Labute approximate surface area is 159 Å². The van der Waals surface area contributed by atoms with Crippen molar-refractivity contribution in [3.05, 3.63) is 42.0 Å². The standard InChI is InChI=1S/C25H34O/c1-3-4-5-18-6-7-20-15-21(9-8-19(20)14-18)22-10-11-24-17-25(26-2)13-12-23(24)16-22/h10-13,16-21H,3-9,14-15H2,1-2H3. The summed E-state index contributed by atoms with van der Waals surface area (Å²) in [5.41, 5.74) is 1.56. The second kappa shape index (κ2) is 8.03. The Morgan fingerprint density at radius 2 is 1.65 bits per heavy atom. The van der Waals surface area contributed by atoms with E-state index in [0.29, 0.717) is 0 Å². The molecule has 0 bridgehead atoms. The van der Waals surface area contributed by atoms with Crippen molar-refractivity contribution < 1.29 is 4.74 Å². The van der Waals surface area contributed by atoms with Crippen molar-refractivity contribution in [2.24, 2.45) is 17.8 Å². The van der Waals surface area contributed by atoms with Gasteiger partial charge in [-0.25, -0.2) is 0 Å². The summed E-state index contributed by atoms with van der Waals surface area (Å²) in [5, 5.41) is 2.65. The molecule has 1 heteroatoms. The molecule has 0 N–H and O–H groups in total. The van der Waals surface area contributed by atoms with Crippen molar-refractivity contribution in [1.29, 1.82) is 0 Å². The highest BCUT2D eigenvalue weighted by molar-refractivity contribution is 5.84. The van der Waals surface area contributed by atoms with Gasteiger partial charge in [0.15, 0.2) is 0 Å². The van der Waals surface area contributed by atoms with E-state index in [1.165, 1.54) is 68.6 Å². The minimum Gasteiger partial charge on any atom is -0.497 e. The van der Waals surface area contributed by atoms with Crippen molar-refractivity contribution in [2.75, 3.05) is 7.11 Å². The molecule has 0 aromatic heterocycles. The fourth-order valence-electron chi connectivity index (χ4n) is 5.67. The average Bonchev–Trinajstić information content (AvgIpc) is 2.70. The lowest BCUT2D eigenvalue weighted by Gasteiger charge is -2.42. The molecule has 26 heavy (non-hydrogen) atoms. The highest BCUT2D eigenvalue weighted by Crippen LogP contribution is 2.48. The van der Waals surface area contributed by atoms with Gasteiger partial charge in [0.25, 0.3) is 0 Å². The molecule has 2 aromatic rings. The lowest BCUT2D eigenvalue weighted by molar-refractivity contribution is 0.113. The number of methoxy groups -OCH3 is 1. The Morgan fingerprint density at radius 1 is 0.885 bits per heavy atom. The first-order chi connectivity index (χ1) is 12.8. The number of fused-ring (bicyclic) bond motifs is 2. The van der Waals surface area contributed by atoms with Gasteiger partial charge in [0.05, 0.1) is 7.11 Å². The molecule has 0 radical (unpaired) electrons. The van der Waals surface area contributed by atoms with Crippen LogP contribution in [0.15, 0.2) is 36.4 Å². The Balaban J connectivity index is 1.43. The average molecular weight is 351 g/mol. The number of ether oxygens (including phenoxy) is 1. The van der Waals surface area contributed by atoms with Gasteiger partial charge in [0.2, 0.25) is 0 Å². The molecule has 4 atom stereocenters. The maximum absolute atomic E-state index is 5.36. The van der Waals surface area contributed by atoms with E-state index in [4.69, 9.17) is 4.74 Å². The van der Waals surface area contributed by atoms with Gasteiger partial charge in [-0.2, -0.15) is 0 Å². The number of benzene rings is 2. The molecule has 2 saturated carbocycles. The molecule has 140 valence electrons. The predicted molar refractivity (Wildman–Crippen MR) is 111 cm³/mol. The number of unbranched alkanes of at least 4 members (excludes halogenated alkanes) is 1. The molecule has 2 aromatic carbocycles. The first-order valence-electron chi connectivity index (χ1n) is 10.8. The highest BCUT2D eigenvalue weighted by atomic mass is 16.5. The maximum atomic E-state index is 5.36. The third kappa shape index (κ3) is 3.77. The molecule has 0 heterocycles. The van der Waals surface area contributed by atoms with Crippen LogP contribution in [0.1, 0.15) is 76.2 Å². The molecule has 2 aliphatic rings. The minimum absolute atomic E-state index is 0.773. The van der Waals surface area contributed by atoms with E-state index in [1.807, 2.05) is 0 Å². The van der Waals surface area contributed by atoms with Gasteiger partial charge in [-0.1, -0.05) is 56.9 Å². The van der Waals surface area contributed by atoms with Gasteiger partial charge >= 0.3 is 0 Å². The number of hydrogen-bond acceptors (Lipinski definition) is 1. The van der Waals surface area contributed by atoms with E-state index in [2.05, 4.69) is 43.3 Å². The zero-order valence-corrected chi connectivity index (χ0v) is 16.5. The molecule has 2 fully saturated rings. The van der Waals surface area contributed by atoms with E-state index in [0.717, 1.165) is 29.4 Å². The summed E-state index contributed by atoms with van der Waals surface area (Å²) in [6, 6.07) is 13.5. The normalized spacial score (nSPS) is 28.7. The van der Waals surface area contributed by atoms with E-state index in [9.17, 15) is 0 Å². The Hall–Kier alpha value is -1.50. The summed E-state index contributed by atoms with van der Waals surface area (Å²) in [4.78, 5) is 0. The Morgan fingerprint density at radius 3 is 2.50 bits per heavy atom. The minimum atomic E-state index is 0.773. The summed E-state index contributed by atoms with van der Waals surface area (Å²) in [5.74, 6) is 4.76. The van der Waals surface area contributed by atoms with Gasteiger partial charge in [0.1, 0.15) is 5.75 Å². The molecule has 0 aliphatic heterocycles. The largest absolute Gasteiger partial charge is 0.497 e. The smallest absolute Gasteiger partial charge is 0.119 e. The number of rotatable bonds is 5. The number of hydrogen-bond donors (Lipinski definition) is 0. The van der Waals surface area contributed by atoms with E-state index in [-0.39, 0.29) is 0 Å². The third-order valence-corrected chi connectivity index (χ3v) is 7.23. The fraction of sp³-hybridized carbons (Fsp3) is 0.600. The van der Waals surface area contributed by atoms with Crippen molar-refractivity contribution in [3.8, 4) is 5.75 Å². The predicted octanol–water partition coefficient (Wildman–Crippen LogP) is 7.34. The van der Waals surface area contributed by atoms with Gasteiger partial charge in [0, 0.05) is 0 Å². The molecule has 4 rings (SSSR count). The van der Waals surface area contributed by atoms with E-state index >= 15 is 0 Å². The quantitative estimate of drug-likeness (QED) is 0.548. The maximum Gasteiger partial charge on any atom is 0.119 e. The van der Waals surface area contributed by atoms with Crippen LogP contribution in [-0.2, 0) is 0 Å². The van der Waals surface area contributed by atoms with Crippen molar-refractivity contribution >= 4 is 10.8 Å².